The first-order valence-electron chi connectivity index (χ1n) is 4.48. The van der Waals surface area contributed by atoms with Crippen LogP contribution in [0.5, 0.6) is 0 Å². The summed E-state index contributed by atoms with van der Waals surface area (Å²) in [4.78, 5) is 0.917. The lowest BCUT2D eigenvalue weighted by Crippen LogP contribution is -2.31. The molecule has 0 fully saturated rings. The summed E-state index contributed by atoms with van der Waals surface area (Å²) in [6.45, 7) is 0.824. The van der Waals surface area contributed by atoms with Crippen molar-refractivity contribution in [3.8, 4) is 0 Å². The molecule has 0 saturated heterocycles. The highest BCUT2D eigenvalue weighted by Gasteiger charge is 2.17. The van der Waals surface area contributed by atoms with Crippen LogP contribution in [0, 0.1) is 0 Å². The van der Waals surface area contributed by atoms with Crippen LogP contribution in [0.25, 0.3) is 0 Å². The molecular weight excluding hydrogens is 264 g/mol. The van der Waals surface area contributed by atoms with E-state index in [9.17, 15) is 5.11 Å². The summed E-state index contributed by atoms with van der Waals surface area (Å²) in [5, 5.41) is 12.9. The van der Waals surface area contributed by atoms with Crippen LogP contribution in [0.2, 0.25) is 0 Å². The number of thiophene rings is 1. The Kier molecular flexibility index (Phi) is 5.05. The van der Waals surface area contributed by atoms with Crippen LogP contribution in [-0.2, 0) is 0 Å². The predicted molar refractivity (Wildman–Crippen MR) is 63.5 cm³/mol. The predicted octanol–water partition coefficient (Wildman–Crippen LogP) is 1.48. The zero-order valence-electron chi connectivity index (χ0n) is 8.03. The molecule has 1 aromatic rings. The Bertz CT molecular complexity index is 280. The highest BCUT2D eigenvalue weighted by Crippen LogP contribution is 2.28. The van der Waals surface area contributed by atoms with Gasteiger partial charge in [0.05, 0.1) is 3.79 Å². The molecule has 0 saturated carbocycles. The SMILES string of the molecule is CNCCC(N)C(O)c1ccc(Br)s1. The maximum absolute atomic E-state index is 9.87. The van der Waals surface area contributed by atoms with Gasteiger partial charge in [0.1, 0.15) is 6.10 Å². The second-order valence-electron chi connectivity index (χ2n) is 3.14. The number of hydrogen-bond donors (Lipinski definition) is 3. The molecule has 1 heterocycles. The van der Waals surface area contributed by atoms with E-state index in [1.54, 1.807) is 0 Å². The monoisotopic (exact) mass is 278 g/mol. The summed E-state index contributed by atoms with van der Waals surface area (Å²) >= 11 is 4.88. The van der Waals surface area contributed by atoms with E-state index in [4.69, 9.17) is 5.73 Å². The van der Waals surface area contributed by atoms with Crippen molar-refractivity contribution >= 4 is 27.3 Å². The van der Waals surface area contributed by atoms with E-state index in [0.717, 1.165) is 21.6 Å². The van der Waals surface area contributed by atoms with Gasteiger partial charge in [-0.05, 0) is 48.1 Å². The second-order valence-corrected chi connectivity index (χ2v) is 5.64. The quantitative estimate of drug-likeness (QED) is 0.765. The number of aliphatic hydroxyl groups excluding tert-OH is 1. The molecule has 80 valence electrons. The number of aliphatic hydroxyl groups is 1. The average molecular weight is 279 g/mol. The highest BCUT2D eigenvalue weighted by atomic mass is 79.9. The first-order valence-corrected chi connectivity index (χ1v) is 6.09. The molecule has 14 heavy (non-hydrogen) atoms. The number of nitrogens with one attached hydrogen (secondary N) is 1. The number of halogens is 1. The maximum Gasteiger partial charge on any atom is 0.103 e. The summed E-state index contributed by atoms with van der Waals surface area (Å²) in [7, 11) is 1.88. The number of rotatable bonds is 5. The minimum atomic E-state index is -0.556. The average Bonchev–Trinajstić information content (AvgIpc) is 2.60. The third-order valence-corrected chi connectivity index (χ3v) is 3.71. The molecule has 0 amide bonds. The molecule has 0 aliphatic heterocycles. The molecular formula is C9H15BrN2OS. The van der Waals surface area contributed by atoms with Gasteiger partial charge in [-0.25, -0.2) is 0 Å². The van der Waals surface area contributed by atoms with E-state index < -0.39 is 6.10 Å². The van der Waals surface area contributed by atoms with Crippen LogP contribution >= 0.6 is 27.3 Å². The van der Waals surface area contributed by atoms with Crippen LogP contribution in [0.3, 0.4) is 0 Å². The van der Waals surface area contributed by atoms with Gasteiger partial charge in [-0.1, -0.05) is 0 Å². The Morgan fingerprint density at radius 3 is 2.86 bits per heavy atom. The molecule has 0 aromatic carbocycles. The molecule has 3 nitrogen and oxygen atoms in total. The molecule has 2 unspecified atom stereocenters. The Morgan fingerprint density at radius 1 is 1.64 bits per heavy atom. The summed E-state index contributed by atoms with van der Waals surface area (Å²) in [5.41, 5.74) is 5.85. The minimum Gasteiger partial charge on any atom is -0.386 e. The zero-order valence-corrected chi connectivity index (χ0v) is 10.4. The van der Waals surface area contributed by atoms with Crippen LogP contribution in [0.15, 0.2) is 15.9 Å². The lowest BCUT2D eigenvalue weighted by molar-refractivity contribution is 0.146. The molecule has 2 atom stereocenters. The van der Waals surface area contributed by atoms with Crippen LogP contribution in [-0.4, -0.2) is 24.7 Å². The van der Waals surface area contributed by atoms with Crippen LogP contribution in [0.1, 0.15) is 17.4 Å². The molecule has 0 spiro atoms. The van der Waals surface area contributed by atoms with E-state index >= 15 is 0 Å². The fourth-order valence-electron chi connectivity index (χ4n) is 1.17. The second kappa shape index (κ2) is 5.82. The fourth-order valence-corrected chi connectivity index (χ4v) is 2.65. The first-order chi connectivity index (χ1) is 6.65. The van der Waals surface area contributed by atoms with Crippen LogP contribution < -0.4 is 11.1 Å². The summed E-state index contributed by atoms with van der Waals surface area (Å²) in [6.07, 6.45) is 0.215. The van der Waals surface area contributed by atoms with Gasteiger partial charge in [0.25, 0.3) is 0 Å². The molecule has 5 heteroatoms. The first kappa shape index (κ1) is 12.1. The molecule has 1 rings (SSSR count). The van der Waals surface area contributed by atoms with Crippen molar-refractivity contribution in [3.63, 3.8) is 0 Å². The van der Waals surface area contributed by atoms with E-state index in [2.05, 4.69) is 21.2 Å². The molecule has 0 aliphatic rings. The molecule has 0 aliphatic carbocycles. The van der Waals surface area contributed by atoms with E-state index in [1.807, 2.05) is 19.2 Å². The summed E-state index contributed by atoms with van der Waals surface area (Å²) < 4.78 is 1.02. The number of hydrogen-bond acceptors (Lipinski definition) is 4. The van der Waals surface area contributed by atoms with Gasteiger partial charge < -0.3 is 16.2 Å². The largest absolute Gasteiger partial charge is 0.386 e. The highest BCUT2D eigenvalue weighted by molar-refractivity contribution is 9.11. The molecule has 4 N–H and O–H groups in total. The summed E-state index contributed by atoms with van der Waals surface area (Å²) in [6, 6.07) is 3.63. The number of nitrogens with two attached hydrogens (primary N) is 1. The van der Waals surface area contributed by atoms with E-state index in [0.29, 0.717) is 0 Å². The molecule has 1 aromatic heterocycles. The third-order valence-electron chi connectivity index (χ3n) is 2.02. The van der Waals surface area contributed by atoms with Gasteiger partial charge in [-0.2, -0.15) is 0 Å². The van der Waals surface area contributed by atoms with Crippen molar-refractivity contribution < 1.29 is 5.11 Å². The third kappa shape index (κ3) is 3.33. The molecule has 0 bridgehead atoms. The maximum atomic E-state index is 9.87. The Balaban J connectivity index is 2.51. The van der Waals surface area contributed by atoms with Gasteiger partial charge in [-0.3, -0.25) is 0 Å². The lowest BCUT2D eigenvalue weighted by atomic mass is 10.1. The Morgan fingerprint density at radius 2 is 2.36 bits per heavy atom. The van der Waals surface area contributed by atoms with E-state index in [1.165, 1.54) is 11.3 Å². The van der Waals surface area contributed by atoms with Crippen molar-refractivity contribution in [1.29, 1.82) is 0 Å². The van der Waals surface area contributed by atoms with Gasteiger partial charge >= 0.3 is 0 Å². The summed E-state index contributed by atoms with van der Waals surface area (Å²) in [5.74, 6) is 0. The fraction of sp³-hybridized carbons (Fsp3) is 0.556. The minimum absolute atomic E-state index is 0.201. The van der Waals surface area contributed by atoms with Crippen LogP contribution in [0.4, 0.5) is 0 Å². The Hall–Kier alpha value is 0.0600. The normalized spacial score (nSPS) is 15.4. The standard InChI is InChI=1S/C9H15BrN2OS/c1-12-5-4-6(11)9(13)7-2-3-8(10)14-7/h2-3,6,9,12-13H,4-5,11H2,1H3. The van der Waals surface area contributed by atoms with Gasteiger partial charge in [0.2, 0.25) is 0 Å². The van der Waals surface area contributed by atoms with Crippen molar-refractivity contribution in [2.75, 3.05) is 13.6 Å². The zero-order chi connectivity index (χ0) is 10.6. The van der Waals surface area contributed by atoms with Crippen molar-refractivity contribution in [2.45, 2.75) is 18.6 Å². The topological polar surface area (TPSA) is 58.3 Å². The van der Waals surface area contributed by atoms with Crippen molar-refractivity contribution in [2.24, 2.45) is 5.73 Å². The lowest BCUT2D eigenvalue weighted by Gasteiger charge is -2.17. The van der Waals surface area contributed by atoms with Gasteiger partial charge in [0.15, 0.2) is 0 Å². The molecule has 0 radical (unpaired) electrons. The van der Waals surface area contributed by atoms with Crippen molar-refractivity contribution in [3.05, 3.63) is 20.8 Å². The Labute approximate surface area is 96.4 Å². The van der Waals surface area contributed by atoms with E-state index in [-0.39, 0.29) is 6.04 Å². The smallest absolute Gasteiger partial charge is 0.103 e. The van der Waals surface area contributed by atoms with Gasteiger partial charge in [-0.15, -0.1) is 11.3 Å². The van der Waals surface area contributed by atoms with Gasteiger partial charge in [0, 0.05) is 10.9 Å². The van der Waals surface area contributed by atoms with Crippen molar-refractivity contribution in [1.82, 2.24) is 5.32 Å².